The second kappa shape index (κ2) is 8.02. The third kappa shape index (κ3) is 3.80. The molecule has 0 N–H and O–H groups in total. The Balaban J connectivity index is 1.69. The van der Waals surface area contributed by atoms with Gasteiger partial charge in [0.2, 0.25) is 0 Å². The largest absolute Gasteiger partial charge is 0.297 e. The summed E-state index contributed by atoms with van der Waals surface area (Å²) < 4.78 is 2.14. The second-order valence-electron chi connectivity index (χ2n) is 6.82. The van der Waals surface area contributed by atoms with Crippen molar-refractivity contribution in [1.29, 1.82) is 0 Å². The molecule has 2 heterocycles. The first-order valence-corrected chi connectivity index (χ1v) is 9.18. The molecule has 0 amide bonds. The van der Waals surface area contributed by atoms with E-state index >= 15 is 0 Å². The molecule has 1 saturated heterocycles. The molecule has 1 atom stereocenters. The molecule has 6 nitrogen and oxygen atoms in total. The Bertz CT molecular complexity index is 485. The van der Waals surface area contributed by atoms with Gasteiger partial charge < -0.3 is 0 Å². The molecule has 128 valence electrons. The highest BCUT2D eigenvalue weighted by atomic mass is 15.6. The molecule has 1 unspecified atom stereocenters. The number of nitrogens with zero attached hydrogens (tertiary/aromatic N) is 6. The number of hydrogen-bond donors (Lipinski definition) is 0. The van der Waals surface area contributed by atoms with Gasteiger partial charge in [-0.25, -0.2) is 4.68 Å². The van der Waals surface area contributed by atoms with E-state index in [1.54, 1.807) is 0 Å². The summed E-state index contributed by atoms with van der Waals surface area (Å²) in [4.78, 5) is 5.02. The van der Waals surface area contributed by atoms with E-state index in [0.717, 1.165) is 45.0 Å². The van der Waals surface area contributed by atoms with Crippen LogP contribution < -0.4 is 0 Å². The minimum Gasteiger partial charge on any atom is -0.297 e. The zero-order valence-electron chi connectivity index (χ0n) is 14.4. The van der Waals surface area contributed by atoms with Crippen LogP contribution in [-0.4, -0.2) is 62.7 Å². The first-order valence-electron chi connectivity index (χ1n) is 9.18. The maximum Gasteiger partial charge on any atom is 0.168 e. The van der Waals surface area contributed by atoms with Crippen molar-refractivity contribution >= 4 is 0 Å². The highest BCUT2D eigenvalue weighted by Gasteiger charge is 2.30. The first-order chi connectivity index (χ1) is 11.3. The normalized spacial score (nSPS) is 23.0. The van der Waals surface area contributed by atoms with Crippen molar-refractivity contribution in [2.45, 2.75) is 57.5 Å². The molecule has 2 fully saturated rings. The lowest BCUT2D eigenvalue weighted by Gasteiger charge is -2.38. The summed E-state index contributed by atoms with van der Waals surface area (Å²) in [6.45, 7) is 11.5. The van der Waals surface area contributed by atoms with Gasteiger partial charge in [-0.15, -0.1) is 11.7 Å². The number of rotatable bonds is 6. The smallest absolute Gasteiger partial charge is 0.168 e. The molecule has 1 aromatic heterocycles. The van der Waals surface area contributed by atoms with E-state index in [-0.39, 0.29) is 0 Å². The monoisotopic (exact) mass is 318 g/mol. The zero-order chi connectivity index (χ0) is 16.1. The van der Waals surface area contributed by atoms with Crippen molar-refractivity contribution in [3.05, 3.63) is 18.5 Å². The first kappa shape index (κ1) is 16.6. The van der Waals surface area contributed by atoms with Gasteiger partial charge in [0.1, 0.15) is 0 Å². The molecular weight excluding hydrogens is 288 g/mol. The highest BCUT2D eigenvalue weighted by molar-refractivity contribution is 4.97. The Labute approximate surface area is 139 Å². The molecule has 1 aliphatic heterocycles. The lowest BCUT2D eigenvalue weighted by Crippen LogP contribution is -2.48. The van der Waals surface area contributed by atoms with Crippen molar-refractivity contribution in [2.24, 2.45) is 0 Å². The number of hydrogen-bond acceptors (Lipinski definition) is 5. The van der Waals surface area contributed by atoms with E-state index in [2.05, 4.69) is 43.5 Å². The van der Waals surface area contributed by atoms with Crippen LogP contribution in [0.4, 0.5) is 0 Å². The Hall–Kier alpha value is -1.27. The lowest BCUT2D eigenvalue weighted by atomic mass is 9.95. The van der Waals surface area contributed by atoms with Gasteiger partial charge in [0.25, 0.3) is 0 Å². The molecular formula is C17H30N6. The third-order valence-corrected chi connectivity index (χ3v) is 5.36. The Morgan fingerprint density at radius 1 is 1.17 bits per heavy atom. The van der Waals surface area contributed by atoms with Crippen molar-refractivity contribution in [1.82, 2.24) is 30.0 Å². The van der Waals surface area contributed by atoms with Gasteiger partial charge in [0.05, 0.1) is 12.1 Å². The molecule has 1 aliphatic carbocycles. The molecule has 23 heavy (non-hydrogen) atoms. The van der Waals surface area contributed by atoms with E-state index in [0.29, 0.717) is 12.1 Å². The van der Waals surface area contributed by atoms with Crippen LogP contribution >= 0.6 is 0 Å². The number of aromatic nitrogens is 4. The molecule has 0 spiro atoms. The average Bonchev–Trinajstić information content (AvgIpc) is 3.08. The van der Waals surface area contributed by atoms with E-state index in [4.69, 9.17) is 0 Å². The summed E-state index contributed by atoms with van der Waals surface area (Å²) in [6.07, 6.45) is 9.48. The Morgan fingerprint density at radius 3 is 2.57 bits per heavy atom. The summed E-state index contributed by atoms with van der Waals surface area (Å²) in [5.74, 6) is 1.08. The Morgan fingerprint density at radius 2 is 1.91 bits per heavy atom. The van der Waals surface area contributed by atoms with Crippen molar-refractivity contribution < 1.29 is 0 Å². The zero-order valence-corrected chi connectivity index (χ0v) is 14.4. The molecule has 2 aliphatic rings. The van der Waals surface area contributed by atoms with Crippen LogP contribution in [0.25, 0.3) is 0 Å². The second-order valence-corrected chi connectivity index (χ2v) is 6.82. The van der Waals surface area contributed by atoms with Gasteiger partial charge in [-0.3, -0.25) is 9.80 Å². The van der Waals surface area contributed by atoms with Crippen LogP contribution in [0.15, 0.2) is 12.7 Å². The predicted octanol–water partition coefficient (Wildman–Crippen LogP) is 2.43. The highest BCUT2D eigenvalue weighted by Crippen LogP contribution is 2.31. The molecule has 6 heteroatoms. The Kier molecular flexibility index (Phi) is 5.78. The minimum atomic E-state index is 0.345. The summed E-state index contributed by atoms with van der Waals surface area (Å²) >= 11 is 0. The third-order valence-electron chi connectivity index (χ3n) is 5.36. The van der Waals surface area contributed by atoms with Gasteiger partial charge in [-0.05, 0) is 29.7 Å². The molecule has 1 aromatic rings. The maximum absolute atomic E-state index is 4.42. The van der Waals surface area contributed by atoms with Crippen molar-refractivity contribution in [3.63, 3.8) is 0 Å². The van der Waals surface area contributed by atoms with Crippen LogP contribution in [0.5, 0.6) is 0 Å². The predicted molar refractivity (Wildman–Crippen MR) is 91.2 cm³/mol. The fraction of sp³-hybridized carbons (Fsp3) is 0.824. The summed E-state index contributed by atoms with van der Waals surface area (Å²) in [5, 5.41) is 12.8. The van der Waals surface area contributed by atoms with Crippen LogP contribution in [0.1, 0.15) is 63.4 Å². The van der Waals surface area contributed by atoms with Crippen LogP contribution in [0.3, 0.4) is 0 Å². The van der Waals surface area contributed by atoms with Crippen molar-refractivity contribution in [2.75, 3.05) is 32.7 Å². The van der Waals surface area contributed by atoms with Crippen LogP contribution in [0, 0.1) is 0 Å². The molecule has 3 rings (SSSR count). The maximum atomic E-state index is 4.42. The molecule has 1 saturated carbocycles. The van der Waals surface area contributed by atoms with E-state index in [1.807, 2.05) is 6.08 Å². The fourth-order valence-corrected chi connectivity index (χ4v) is 4.05. The molecule has 0 bridgehead atoms. The SMILES string of the molecule is C=CCN1CCN(C(CC)c2nnnn2C2CCCCC2)CC1. The van der Waals surface area contributed by atoms with Gasteiger partial charge in [-0.1, -0.05) is 32.3 Å². The van der Waals surface area contributed by atoms with E-state index in [1.165, 1.54) is 32.1 Å². The fourth-order valence-electron chi connectivity index (χ4n) is 4.05. The lowest BCUT2D eigenvalue weighted by molar-refractivity contribution is 0.0929. The number of tetrazole rings is 1. The van der Waals surface area contributed by atoms with Crippen LogP contribution in [0.2, 0.25) is 0 Å². The van der Waals surface area contributed by atoms with Gasteiger partial charge in [-0.2, -0.15) is 0 Å². The number of piperazine rings is 1. The standard InChI is InChI=1S/C17H30N6/c1-3-10-21-11-13-22(14-12-21)16(4-2)17-18-19-20-23(17)15-8-6-5-7-9-15/h3,15-16H,1,4-14H2,2H3. The summed E-state index contributed by atoms with van der Waals surface area (Å²) in [7, 11) is 0. The molecule has 0 aromatic carbocycles. The van der Waals surface area contributed by atoms with Crippen molar-refractivity contribution in [3.8, 4) is 0 Å². The van der Waals surface area contributed by atoms with E-state index in [9.17, 15) is 0 Å². The minimum absolute atomic E-state index is 0.345. The average molecular weight is 318 g/mol. The quantitative estimate of drug-likeness (QED) is 0.754. The van der Waals surface area contributed by atoms with Gasteiger partial charge in [0.15, 0.2) is 5.82 Å². The summed E-state index contributed by atoms with van der Waals surface area (Å²) in [6, 6.07) is 0.850. The molecule has 0 radical (unpaired) electrons. The topological polar surface area (TPSA) is 50.1 Å². The van der Waals surface area contributed by atoms with Crippen LogP contribution in [-0.2, 0) is 0 Å². The van der Waals surface area contributed by atoms with E-state index < -0.39 is 0 Å². The van der Waals surface area contributed by atoms with Gasteiger partial charge >= 0.3 is 0 Å². The summed E-state index contributed by atoms with van der Waals surface area (Å²) in [5.41, 5.74) is 0. The van der Waals surface area contributed by atoms with Gasteiger partial charge in [0, 0.05) is 32.7 Å².